The molecule has 0 radical (unpaired) electrons. The molecule has 0 saturated carbocycles. The van der Waals surface area contributed by atoms with E-state index in [1.165, 1.54) is 12.1 Å². The summed E-state index contributed by atoms with van der Waals surface area (Å²) in [5.74, 6) is -1.62. The van der Waals surface area contributed by atoms with Crippen LogP contribution in [0, 0.1) is 5.82 Å². The smallest absolute Gasteiger partial charge is 0.311 e. The number of ether oxygens (including phenoxy) is 1. The summed E-state index contributed by atoms with van der Waals surface area (Å²) in [4.78, 5) is 11.5. The second-order valence-corrected chi connectivity index (χ2v) is 5.20. The van der Waals surface area contributed by atoms with E-state index in [9.17, 15) is 14.3 Å². The highest BCUT2D eigenvalue weighted by atomic mass is 19.1. The maximum absolute atomic E-state index is 13.8. The second kappa shape index (κ2) is 5.56. The van der Waals surface area contributed by atoms with Gasteiger partial charge in [0.05, 0.1) is 5.92 Å². The molecule has 1 heterocycles. The van der Waals surface area contributed by atoms with Crippen LogP contribution in [0.4, 0.5) is 4.39 Å². The fraction of sp³-hybridized carbons (Fsp3) is 0.235. The molecule has 1 aliphatic rings. The van der Waals surface area contributed by atoms with Crippen LogP contribution in [-0.4, -0.2) is 17.2 Å². The highest BCUT2D eigenvalue weighted by Crippen LogP contribution is 2.33. The van der Waals surface area contributed by atoms with E-state index in [1.807, 2.05) is 24.3 Å². The molecule has 2 aromatic rings. The van der Waals surface area contributed by atoms with Crippen molar-refractivity contribution in [2.45, 2.75) is 24.9 Å². The monoisotopic (exact) mass is 286 g/mol. The number of hydrogen-bond acceptors (Lipinski definition) is 2. The zero-order valence-electron chi connectivity index (χ0n) is 11.3. The Morgan fingerprint density at radius 2 is 1.95 bits per heavy atom. The maximum Gasteiger partial charge on any atom is 0.311 e. The predicted octanol–water partition coefficient (Wildman–Crippen LogP) is 3.39. The zero-order chi connectivity index (χ0) is 14.8. The Balaban J connectivity index is 1.79. The summed E-state index contributed by atoms with van der Waals surface area (Å²) in [6, 6.07) is 13.7. The molecule has 0 amide bonds. The van der Waals surface area contributed by atoms with Gasteiger partial charge in [0.2, 0.25) is 0 Å². The first kappa shape index (κ1) is 13.6. The number of aliphatic carboxylic acids is 1. The standard InChI is InChI=1S/C17H15FO3/c18-15-7-3-2-6-13(15)14(17(19)20)10-12-9-11-5-1-4-8-16(11)21-12/h1-8,12,14H,9-10H2,(H,19,20). The van der Waals surface area contributed by atoms with Crippen LogP contribution in [-0.2, 0) is 11.2 Å². The molecule has 2 aromatic carbocycles. The van der Waals surface area contributed by atoms with Crippen molar-refractivity contribution >= 4 is 5.97 Å². The number of carbonyl (C=O) groups is 1. The Hall–Kier alpha value is -2.36. The third kappa shape index (κ3) is 2.75. The van der Waals surface area contributed by atoms with Crippen LogP contribution in [0.3, 0.4) is 0 Å². The molecule has 1 N–H and O–H groups in total. The molecule has 3 rings (SSSR count). The van der Waals surface area contributed by atoms with E-state index >= 15 is 0 Å². The largest absolute Gasteiger partial charge is 0.490 e. The van der Waals surface area contributed by atoms with Crippen molar-refractivity contribution in [1.29, 1.82) is 0 Å². The molecule has 21 heavy (non-hydrogen) atoms. The lowest BCUT2D eigenvalue weighted by atomic mass is 9.91. The molecule has 0 fully saturated rings. The van der Waals surface area contributed by atoms with Crippen LogP contribution in [0.2, 0.25) is 0 Å². The molecule has 2 unspecified atom stereocenters. The van der Waals surface area contributed by atoms with Gasteiger partial charge in [-0.05, 0) is 17.7 Å². The van der Waals surface area contributed by atoms with Gasteiger partial charge in [0.25, 0.3) is 0 Å². The Kier molecular flexibility index (Phi) is 3.60. The number of carboxylic acids is 1. The van der Waals surface area contributed by atoms with Crippen molar-refractivity contribution < 1.29 is 19.0 Å². The van der Waals surface area contributed by atoms with Crippen molar-refractivity contribution in [1.82, 2.24) is 0 Å². The quantitative estimate of drug-likeness (QED) is 0.937. The van der Waals surface area contributed by atoms with E-state index in [2.05, 4.69) is 0 Å². The molecule has 0 aromatic heterocycles. The van der Waals surface area contributed by atoms with Gasteiger partial charge < -0.3 is 9.84 Å². The average Bonchev–Trinajstić information content (AvgIpc) is 2.88. The number of rotatable bonds is 4. The van der Waals surface area contributed by atoms with Gasteiger partial charge >= 0.3 is 5.97 Å². The summed E-state index contributed by atoms with van der Waals surface area (Å²) in [5.41, 5.74) is 1.28. The lowest BCUT2D eigenvalue weighted by Gasteiger charge is -2.18. The molecule has 0 bridgehead atoms. The van der Waals surface area contributed by atoms with Gasteiger partial charge in [0.1, 0.15) is 17.7 Å². The lowest BCUT2D eigenvalue weighted by molar-refractivity contribution is -0.139. The average molecular weight is 286 g/mol. The van der Waals surface area contributed by atoms with Gasteiger partial charge in [-0.15, -0.1) is 0 Å². The molecule has 1 aliphatic heterocycles. The van der Waals surface area contributed by atoms with Crippen molar-refractivity contribution in [3.8, 4) is 5.75 Å². The third-order valence-electron chi connectivity index (χ3n) is 3.79. The lowest BCUT2D eigenvalue weighted by Crippen LogP contribution is -2.23. The van der Waals surface area contributed by atoms with E-state index in [4.69, 9.17) is 4.74 Å². The van der Waals surface area contributed by atoms with Crippen molar-refractivity contribution in [3.05, 3.63) is 65.5 Å². The van der Waals surface area contributed by atoms with E-state index in [-0.39, 0.29) is 18.1 Å². The first-order valence-electron chi connectivity index (χ1n) is 6.87. The molecule has 0 aliphatic carbocycles. The van der Waals surface area contributed by atoms with Gasteiger partial charge in [-0.2, -0.15) is 0 Å². The summed E-state index contributed by atoms with van der Waals surface area (Å²) in [7, 11) is 0. The fourth-order valence-corrected chi connectivity index (χ4v) is 2.77. The molecular formula is C17H15FO3. The Labute approximate surface area is 122 Å². The van der Waals surface area contributed by atoms with Crippen LogP contribution in [0.25, 0.3) is 0 Å². The van der Waals surface area contributed by atoms with E-state index in [0.717, 1.165) is 11.3 Å². The fourth-order valence-electron chi connectivity index (χ4n) is 2.77. The molecule has 0 saturated heterocycles. The van der Waals surface area contributed by atoms with Crippen molar-refractivity contribution in [3.63, 3.8) is 0 Å². The molecule has 3 nitrogen and oxygen atoms in total. The summed E-state index contributed by atoms with van der Waals surface area (Å²) >= 11 is 0. The number of para-hydroxylation sites is 1. The number of hydrogen-bond donors (Lipinski definition) is 1. The topological polar surface area (TPSA) is 46.5 Å². The van der Waals surface area contributed by atoms with Gasteiger partial charge in [-0.25, -0.2) is 4.39 Å². The van der Waals surface area contributed by atoms with Crippen LogP contribution >= 0.6 is 0 Å². The summed E-state index contributed by atoms with van der Waals surface area (Å²) in [6.45, 7) is 0. The van der Waals surface area contributed by atoms with Gasteiger partial charge in [0.15, 0.2) is 0 Å². The normalized spacial score (nSPS) is 17.9. The minimum atomic E-state index is -1.03. The Morgan fingerprint density at radius 3 is 2.67 bits per heavy atom. The number of fused-ring (bicyclic) bond motifs is 1. The summed E-state index contributed by atoms with van der Waals surface area (Å²) in [5, 5.41) is 9.41. The van der Waals surface area contributed by atoms with E-state index < -0.39 is 17.7 Å². The Morgan fingerprint density at radius 1 is 1.24 bits per heavy atom. The van der Waals surface area contributed by atoms with Crippen molar-refractivity contribution in [2.75, 3.05) is 0 Å². The second-order valence-electron chi connectivity index (χ2n) is 5.20. The number of carboxylic acid groups (broad SMARTS) is 1. The SMILES string of the molecule is O=C(O)C(CC1Cc2ccccc2O1)c1ccccc1F. The molecule has 4 heteroatoms. The molecular weight excluding hydrogens is 271 g/mol. The van der Waals surface area contributed by atoms with E-state index in [1.54, 1.807) is 12.1 Å². The van der Waals surface area contributed by atoms with Gasteiger partial charge in [-0.1, -0.05) is 36.4 Å². The minimum absolute atomic E-state index is 0.213. The van der Waals surface area contributed by atoms with Crippen LogP contribution in [0.1, 0.15) is 23.5 Å². The first-order chi connectivity index (χ1) is 10.1. The molecule has 108 valence electrons. The maximum atomic E-state index is 13.8. The van der Waals surface area contributed by atoms with Crippen LogP contribution in [0.15, 0.2) is 48.5 Å². The molecule has 0 spiro atoms. The first-order valence-corrected chi connectivity index (χ1v) is 6.87. The number of halogens is 1. The van der Waals surface area contributed by atoms with Gasteiger partial charge in [0, 0.05) is 18.4 Å². The summed E-state index contributed by atoms with van der Waals surface area (Å²) < 4.78 is 19.6. The summed E-state index contributed by atoms with van der Waals surface area (Å²) in [6.07, 6.45) is 0.683. The Bertz CT molecular complexity index is 644. The van der Waals surface area contributed by atoms with E-state index in [0.29, 0.717) is 6.42 Å². The van der Waals surface area contributed by atoms with Crippen LogP contribution in [0.5, 0.6) is 5.75 Å². The van der Waals surface area contributed by atoms with Crippen molar-refractivity contribution in [2.24, 2.45) is 0 Å². The van der Waals surface area contributed by atoms with Crippen LogP contribution < -0.4 is 4.74 Å². The highest BCUT2D eigenvalue weighted by molar-refractivity contribution is 5.76. The minimum Gasteiger partial charge on any atom is -0.490 e. The van der Waals surface area contributed by atoms with Gasteiger partial charge in [-0.3, -0.25) is 4.79 Å². The third-order valence-corrected chi connectivity index (χ3v) is 3.79. The zero-order valence-corrected chi connectivity index (χ0v) is 11.3. The number of benzene rings is 2. The molecule has 2 atom stereocenters. The highest BCUT2D eigenvalue weighted by Gasteiger charge is 2.31. The predicted molar refractivity (Wildman–Crippen MR) is 76.0 cm³/mol.